The molecule has 0 saturated heterocycles. The molecule has 4 atom stereocenters. The summed E-state index contributed by atoms with van der Waals surface area (Å²) in [7, 11) is 0. The van der Waals surface area contributed by atoms with Crippen LogP contribution in [0.5, 0.6) is 0 Å². The summed E-state index contributed by atoms with van der Waals surface area (Å²) in [5.74, 6) is -1.98. The quantitative estimate of drug-likeness (QED) is 0.187. The normalized spacial score (nSPS) is 14.7. The van der Waals surface area contributed by atoms with Crippen LogP contribution in [0.2, 0.25) is 0 Å². The largest absolute Gasteiger partial charge is 0.480 e. The highest BCUT2D eigenvalue weighted by Gasteiger charge is 2.31. The fourth-order valence-electron chi connectivity index (χ4n) is 3.45. The molecule has 0 radical (unpaired) electrons. The fraction of sp³-hybridized carbons (Fsp3) is 0.696. The number of aromatic nitrogens is 2. The van der Waals surface area contributed by atoms with E-state index in [1.807, 2.05) is 34.0 Å². The van der Waals surface area contributed by atoms with E-state index in [0.717, 1.165) is 0 Å². The van der Waals surface area contributed by atoms with Crippen LogP contribution in [-0.4, -0.2) is 74.9 Å². The van der Waals surface area contributed by atoms with Crippen molar-refractivity contribution in [1.29, 1.82) is 0 Å². The predicted octanol–water partition coefficient (Wildman–Crippen LogP) is 0.664. The Labute approximate surface area is 211 Å². The van der Waals surface area contributed by atoms with Crippen LogP contribution < -0.4 is 21.7 Å². The molecule has 1 aromatic rings. The van der Waals surface area contributed by atoms with E-state index < -0.39 is 47.9 Å². The van der Waals surface area contributed by atoms with Crippen molar-refractivity contribution < 1.29 is 24.3 Å². The zero-order valence-electron chi connectivity index (χ0n) is 21.2. The molecule has 1 heterocycles. The molecular weight excluding hydrogens is 472 g/mol. The van der Waals surface area contributed by atoms with E-state index in [1.54, 1.807) is 6.20 Å². The minimum atomic E-state index is -1.13. The van der Waals surface area contributed by atoms with Crippen LogP contribution in [0.15, 0.2) is 12.5 Å². The van der Waals surface area contributed by atoms with Crippen molar-refractivity contribution in [2.24, 2.45) is 17.6 Å². The Morgan fingerprint density at radius 2 is 1.51 bits per heavy atom. The number of nitrogens with two attached hydrogens (primary N) is 1. The lowest BCUT2D eigenvalue weighted by Crippen LogP contribution is -2.57. The second-order valence-electron chi connectivity index (χ2n) is 9.45. The van der Waals surface area contributed by atoms with Gasteiger partial charge in [0.25, 0.3) is 0 Å². The molecule has 0 saturated carbocycles. The van der Waals surface area contributed by atoms with Gasteiger partial charge in [-0.3, -0.25) is 14.4 Å². The number of nitrogens with one attached hydrogen (secondary N) is 4. The van der Waals surface area contributed by atoms with Crippen LogP contribution in [-0.2, 0) is 25.6 Å². The Hall–Kier alpha value is -2.60. The van der Waals surface area contributed by atoms with Gasteiger partial charge in [-0.2, -0.15) is 11.8 Å². The van der Waals surface area contributed by atoms with Crippen molar-refractivity contribution in [3.05, 3.63) is 18.2 Å². The minimum Gasteiger partial charge on any atom is -0.480 e. The van der Waals surface area contributed by atoms with E-state index in [2.05, 4.69) is 25.9 Å². The SMILES string of the molecule is CSCCC(NC(=O)C(N)Cc1cnc[nH]1)C(=O)NC(CC(C)C)C(=O)NC(CC(C)C)C(=O)O. The molecule has 35 heavy (non-hydrogen) atoms. The number of carboxylic acids is 1. The first-order chi connectivity index (χ1) is 16.4. The number of nitrogens with zero attached hydrogens (tertiary/aromatic N) is 1. The van der Waals surface area contributed by atoms with Gasteiger partial charge in [0.15, 0.2) is 0 Å². The minimum absolute atomic E-state index is 0.0569. The molecule has 0 aliphatic carbocycles. The summed E-state index contributed by atoms with van der Waals surface area (Å²) < 4.78 is 0. The van der Waals surface area contributed by atoms with Crippen LogP contribution in [0.4, 0.5) is 0 Å². The zero-order valence-corrected chi connectivity index (χ0v) is 22.0. The standard InChI is InChI=1S/C23H40N6O5S/c1-13(2)8-18(22(32)29-19(23(33)34)9-14(3)4)28-21(31)17(6-7-35-5)27-20(30)16(24)10-15-11-25-12-26-15/h11-14,16-19H,6-10,24H2,1-5H3,(H,25,26)(H,27,30)(H,28,31)(H,29,32)(H,33,34). The van der Waals surface area contributed by atoms with Gasteiger partial charge in [-0.05, 0) is 43.1 Å². The summed E-state index contributed by atoms with van der Waals surface area (Å²) >= 11 is 1.52. The van der Waals surface area contributed by atoms with E-state index in [4.69, 9.17) is 5.73 Å². The number of hydrogen-bond acceptors (Lipinski definition) is 7. The third-order valence-electron chi connectivity index (χ3n) is 5.24. The van der Waals surface area contributed by atoms with Crippen LogP contribution in [0.3, 0.4) is 0 Å². The third-order valence-corrected chi connectivity index (χ3v) is 5.88. The van der Waals surface area contributed by atoms with Gasteiger partial charge in [-0.1, -0.05) is 27.7 Å². The van der Waals surface area contributed by atoms with Gasteiger partial charge < -0.3 is 31.8 Å². The third kappa shape index (κ3) is 11.6. The van der Waals surface area contributed by atoms with Gasteiger partial charge in [0.2, 0.25) is 17.7 Å². The van der Waals surface area contributed by atoms with Crippen LogP contribution in [0.25, 0.3) is 0 Å². The maximum absolute atomic E-state index is 13.1. The van der Waals surface area contributed by atoms with Crippen molar-refractivity contribution in [1.82, 2.24) is 25.9 Å². The number of thioether (sulfide) groups is 1. The molecule has 0 bridgehead atoms. The smallest absolute Gasteiger partial charge is 0.326 e. The first-order valence-electron chi connectivity index (χ1n) is 11.8. The lowest BCUT2D eigenvalue weighted by atomic mass is 10.00. The summed E-state index contributed by atoms with van der Waals surface area (Å²) in [6.45, 7) is 7.53. The second-order valence-corrected chi connectivity index (χ2v) is 10.4. The number of H-pyrrole nitrogens is 1. The van der Waals surface area contributed by atoms with Crippen molar-refractivity contribution in [3.8, 4) is 0 Å². The molecule has 0 aliphatic rings. The molecule has 0 fully saturated rings. The number of carbonyl (C=O) groups is 4. The number of amides is 3. The van der Waals surface area contributed by atoms with Gasteiger partial charge in [0, 0.05) is 18.3 Å². The average Bonchev–Trinajstić information content (AvgIpc) is 3.27. The van der Waals surface area contributed by atoms with Crippen LogP contribution in [0.1, 0.15) is 52.7 Å². The van der Waals surface area contributed by atoms with Gasteiger partial charge in [-0.25, -0.2) is 9.78 Å². The lowest BCUT2D eigenvalue weighted by Gasteiger charge is -2.26. The topological polar surface area (TPSA) is 179 Å². The summed E-state index contributed by atoms with van der Waals surface area (Å²) in [6.07, 6.45) is 6.10. The van der Waals surface area contributed by atoms with E-state index in [1.165, 1.54) is 18.1 Å². The molecule has 1 rings (SSSR count). The molecule has 1 aromatic heterocycles. The van der Waals surface area contributed by atoms with Crippen molar-refractivity contribution in [2.45, 2.75) is 77.5 Å². The van der Waals surface area contributed by atoms with Crippen LogP contribution in [0, 0.1) is 11.8 Å². The summed E-state index contributed by atoms with van der Waals surface area (Å²) in [5, 5.41) is 17.4. The molecule has 0 spiro atoms. The Bertz CT molecular complexity index is 817. The maximum atomic E-state index is 13.1. The van der Waals surface area contributed by atoms with Gasteiger partial charge >= 0.3 is 5.97 Å². The van der Waals surface area contributed by atoms with E-state index in [9.17, 15) is 24.3 Å². The number of aliphatic carboxylic acids is 1. The Morgan fingerprint density at radius 1 is 0.971 bits per heavy atom. The molecule has 0 aromatic carbocycles. The molecule has 7 N–H and O–H groups in total. The van der Waals surface area contributed by atoms with E-state index >= 15 is 0 Å². The lowest BCUT2D eigenvalue weighted by molar-refractivity contribution is -0.143. The second kappa shape index (κ2) is 15.4. The Balaban J connectivity index is 2.92. The van der Waals surface area contributed by atoms with Gasteiger partial charge in [-0.15, -0.1) is 0 Å². The number of imidazole rings is 1. The maximum Gasteiger partial charge on any atom is 0.326 e. The summed E-state index contributed by atoms with van der Waals surface area (Å²) in [5.41, 5.74) is 6.70. The Kier molecular flexibility index (Phi) is 13.4. The number of rotatable bonds is 16. The number of carbonyl (C=O) groups excluding carboxylic acids is 3. The zero-order chi connectivity index (χ0) is 26.5. The number of hydrogen-bond donors (Lipinski definition) is 6. The van der Waals surface area contributed by atoms with E-state index in [0.29, 0.717) is 24.3 Å². The molecule has 0 aliphatic heterocycles. The average molecular weight is 513 g/mol. The fourth-order valence-corrected chi connectivity index (χ4v) is 3.92. The first-order valence-corrected chi connectivity index (χ1v) is 13.2. The highest BCUT2D eigenvalue weighted by Crippen LogP contribution is 2.10. The van der Waals surface area contributed by atoms with Crippen molar-refractivity contribution in [3.63, 3.8) is 0 Å². The molecule has 12 heteroatoms. The molecular formula is C23H40N6O5S. The van der Waals surface area contributed by atoms with E-state index in [-0.39, 0.29) is 24.7 Å². The first kappa shape index (κ1) is 30.4. The summed E-state index contributed by atoms with van der Waals surface area (Å²) in [6, 6.07) is -3.77. The highest BCUT2D eigenvalue weighted by atomic mass is 32.2. The van der Waals surface area contributed by atoms with Crippen molar-refractivity contribution >= 4 is 35.5 Å². The Morgan fingerprint density at radius 3 is 2.03 bits per heavy atom. The van der Waals surface area contributed by atoms with Gasteiger partial charge in [0.05, 0.1) is 12.4 Å². The molecule has 3 amide bonds. The highest BCUT2D eigenvalue weighted by molar-refractivity contribution is 7.98. The van der Waals surface area contributed by atoms with Crippen molar-refractivity contribution in [2.75, 3.05) is 12.0 Å². The predicted molar refractivity (Wildman–Crippen MR) is 136 cm³/mol. The number of carboxylic acid groups (broad SMARTS) is 1. The molecule has 198 valence electrons. The molecule has 4 unspecified atom stereocenters. The monoisotopic (exact) mass is 512 g/mol. The number of aromatic amines is 1. The van der Waals surface area contributed by atoms with Crippen LogP contribution >= 0.6 is 11.8 Å². The summed E-state index contributed by atoms with van der Waals surface area (Å²) in [4.78, 5) is 57.1. The molecule has 11 nitrogen and oxygen atoms in total. The van der Waals surface area contributed by atoms with Gasteiger partial charge in [0.1, 0.15) is 18.1 Å².